The number of hydrogen-bond donors (Lipinski definition) is 4. The molecule has 65 heavy (non-hydrogen) atoms. The van der Waals surface area contributed by atoms with Crippen LogP contribution < -0.4 is 31.6 Å². The summed E-state index contributed by atoms with van der Waals surface area (Å²) in [5.74, 6) is 1.85. The molecule has 4 N–H and O–H groups in total. The van der Waals surface area contributed by atoms with Crippen molar-refractivity contribution in [3.8, 4) is 0 Å². The molecule has 0 bridgehead atoms. The molecule has 0 spiro atoms. The number of nitrogens with one attached hydrogen (secondary N) is 4. The van der Waals surface area contributed by atoms with Gasteiger partial charge in [0.05, 0.1) is 40.4 Å². The number of pyridine rings is 2. The average molecular weight is 881 g/mol. The second kappa shape index (κ2) is 18.8. The molecule has 4 fully saturated rings. The monoisotopic (exact) mass is 880 g/mol. The van der Waals surface area contributed by atoms with Crippen LogP contribution >= 0.6 is 0 Å². The van der Waals surface area contributed by atoms with E-state index in [1.807, 2.05) is 48.7 Å². The number of para-hydroxylation sites is 1. The summed E-state index contributed by atoms with van der Waals surface area (Å²) in [4.78, 5) is 86.3. The van der Waals surface area contributed by atoms with Crippen LogP contribution in [-0.2, 0) is 12.8 Å². The Hall–Kier alpha value is -6.00. The van der Waals surface area contributed by atoms with E-state index in [-0.39, 0.29) is 40.7 Å². The van der Waals surface area contributed by atoms with Gasteiger partial charge in [-0.05, 0) is 126 Å². The molecule has 8 heterocycles. The number of anilines is 2. The fourth-order valence-electron chi connectivity index (χ4n) is 11.0. The molecule has 340 valence electrons. The molecule has 5 aliphatic rings. The summed E-state index contributed by atoms with van der Waals surface area (Å²) in [6.45, 7) is 8.14. The van der Waals surface area contributed by atoms with Crippen LogP contribution in [0.2, 0.25) is 0 Å². The molecule has 1 aromatic carbocycles. The summed E-state index contributed by atoms with van der Waals surface area (Å²) >= 11 is 0. The molecule has 3 unspecified atom stereocenters. The molecule has 5 aromatic rings. The first-order valence-electron chi connectivity index (χ1n) is 23.8. The van der Waals surface area contributed by atoms with E-state index in [2.05, 4.69) is 50.2 Å². The minimum atomic E-state index is -0.187. The first-order valence-corrected chi connectivity index (χ1v) is 23.8. The van der Waals surface area contributed by atoms with Crippen LogP contribution in [0.3, 0.4) is 0 Å². The standard InChI is InChI=1S/C49H60N12O4/c1-50-48(64)41-14-11-35(26-51-41)59-22-17-34(18-23-59)60-20-5-7-33(28-60)45-55-43-24-31(10-13-39(43)47(63)57-45)25-53-49(65)42-15-12-36(27-52-42)61-29-37(30-61)58-19-4-6-32(16-21-58)44-54-40-9-3-2-8-38(40)46(62)56-44/h2-3,8-9,11-12,14-15,26-27,31-34,37H,4-7,10,13,16-25,28-30H2,1H3,(H,50,64)(H,53,65)(H,54,56,62)(H,55,57,63). The van der Waals surface area contributed by atoms with Gasteiger partial charge in [-0.25, -0.2) is 19.9 Å². The van der Waals surface area contributed by atoms with Gasteiger partial charge in [-0.15, -0.1) is 0 Å². The number of piperidine rings is 2. The smallest absolute Gasteiger partial charge is 0.269 e. The molecule has 4 saturated heterocycles. The van der Waals surface area contributed by atoms with Crippen molar-refractivity contribution in [3.63, 3.8) is 0 Å². The van der Waals surface area contributed by atoms with Crippen molar-refractivity contribution in [2.75, 3.05) is 75.8 Å². The van der Waals surface area contributed by atoms with Gasteiger partial charge in [-0.2, -0.15) is 0 Å². The van der Waals surface area contributed by atoms with Gasteiger partial charge in [0, 0.05) is 75.8 Å². The zero-order chi connectivity index (χ0) is 44.4. The number of benzene rings is 1. The van der Waals surface area contributed by atoms with E-state index in [1.165, 1.54) is 0 Å². The lowest BCUT2D eigenvalue weighted by Crippen LogP contribution is -2.59. The molecule has 4 aromatic heterocycles. The van der Waals surface area contributed by atoms with Crippen LogP contribution in [0.4, 0.5) is 11.4 Å². The van der Waals surface area contributed by atoms with Crippen LogP contribution in [0.5, 0.6) is 0 Å². The second-order valence-electron chi connectivity index (χ2n) is 18.8. The lowest BCUT2D eigenvalue weighted by Gasteiger charge is -2.46. The Balaban J connectivity index is 0.679. The molecule has 3 atom stereocenters. The van der Waals surface area contributed by atoms with Crippen LogP contribution in [0.1, 0.15) is 107 Å². The van der Waals surface area contributed by atoms with Crippen molar-refractivity contribution in [1.29, 1.82) is 0 Å². The second-order valence-corrected chi connectivity index (χ2v) is 18.8. The van der Waals surface area contributed by atoms with Crippen molar-refractivity contribution in [2.45, 2.75) is 88.1 Å². The number of fused-ring (bicyclic) bond motifs is 2. The molecule has 0 saturated carbocycles. The van der Waals surface area contributed by atoms with Crippen molar-refractivity contribution in [3.05, 3.63) is 116 Å². The largest absolute Gasteiger partial charge is 0.370 e. The maximum atomic E-state index is 13.4. The minimum Gasteiger partial charge on any atom is -0.370 e. The van der Waals surface area contributed by atoms with E-state index >= 15 is 0 Å². The van der Waals surface area contributed by atoms with Crippen LogP contribution in [-0.4, -0.2) is 130 Å². The number of nitrogens with zero attached hydrogens (tertiary/aromatic N) is 8. The van der Waals surface area contributed by atoms with Crippen LogP contribution in [0.25, 0.3) is 10.9 Å². The van der Waals surface area contributed by atoms with E-state index in [0.717, 1.165) is 144 Å². The third kappa shape index (κ3) is 9.28. The Morgan fingerprint density at radius 2 is 1.37 bits per heavy atom. The summed E-state index contributed by atoms with van der Waals surface area (Å²) in [7, 11) is 1.61. The van der Waals surface area contributed by atoms with Gasteiger partial charge >= 0.3 is 0 Å². The third-order valence-corrected chi connectivity index (χ3v) is 14.9. The van der Waals surface area contributed by atoms with Gasteiger partial charge < -0.3 is 30.4 Å². The van der Waals surface area contributed by atoms with Crippen LogP contribution in [0.15, 0.2) is 70.5 Å². The minimum absolute atomic E-state index is 0.0139. The van der Waals surface area contributed by atoms with Crippen molar-refractivity contribution in [1.82, 2.24) is 50.3 Å². The van der Waals surface area contributed by atoms with Gasteiger partial charge in [0.2, 0.25) is 0 Å². The summed E-state index contributed by atoms with van der Waals surface area (Å²) < 4.78 is 0. The maximum Gasteiger partial charge on any atom is 0.269 e. The van der Waals surface area contributed by atoms with Crippen molar-refractivity contribution >= 4 is 34.1 Å². The Morgan fingerprint density at radius 3 is 2.12 bits per heavy atom. The predicted octanol–water partition coefficient (Wildman–Crippen LogP) is 4.00. The van der Waals surface area contributed by atoms with E-state index in [1.54, 1.807) is 19.3 Å². The number of rotatable bonds is 10. The predicted molar refractivity (Wildman–Crippen MR) is 250 cm³/mol. The molecule has 16 nitrogen and oxygen atoms in total. The summed E-state index contributed by atoms with van der Waals surface area (Å²) in [6, 6.07) is 16.0. The molecular formula is C49H60N12O4. The number of H-pyrrole nitrogens is 2. The van der Waals surface area contributed by atoms with Crippen molar-refractivity contribution in [2.24, 2.45) is 5.92 Å². The fourth-order valence-corrected chi connectivity index (χ4v) is 11.0. The van der Waals surface area contributed by atoms with Gasteiger partial charge in [-0.1, -0.05) is 12.1 Å². The van der Waals surface area contributed by atoms with E-state index in [4.69, 9.17) is 9.97 Å². The number of amides is 2. The Labute approximate surface area is 378 Å². The molecule has 0 radical (unpaired) electrons. The van der Waals surface area contributed by atoms with Crippen molar-refractivity contribution < 1.29 is 9.59 Å². The Morgan fingerprint density at radius 1 is 0.677 bits per heavy atom. The third-order valence-electron chi connectivity index (χ3n) is 14.9. The summed E-state index contributed by atoms with van der Waals surface area (Å²) in [6.07, 6.45) is 12.9. The van der Waals surface area contributed by atoms with E-state index in [0.29, 0.717) is 48.2 Å². The normalized spacial score (nSPS) is 22.5. The van der Waals surface area contributed by atoms with E-state index in [9.17, 15) is 19.2 Å². The Kier molecular flexibility index (Phi) is 12.4. The number of aromatic nitrogens is 6. The summed E-state index contributed by atoms with van der Waals surface area (Å²) in [5.41, 5.74) is 5.24. The number of likely N-dealkylation sites (tertiary alicyclic amines) is 2. The first kappa shape index (κ1) is 42.9. The topological polar surface area (TPSA) is 188 Å². The highest BCUT2D eigenvalue weighted by molar-refractivity contribution is 5.92. The zero-order valence-corrected chi connectivity index (χ0v) is 37.3. The fraction of sp³-hybridized carbons (Fsp3) is 0.510. The molecule has 10 rings (SSSR count). The zero-order valence-electron chi connectivity index (χ0n) is 37.3. The molecule has 2 amide bonds. The number of carbonyl (C=O) groups is 2. The van der Waals surface area contributed by atoms with E-state index < -0.39 is 0 Å². The lowest BCUT2D eigenvalue weighted by molar-refractivity contribution is 0.0937. The highest BCUT2D eigenvalue weighted by Crippen LogP contribution is 2.32. The SMILES string of the molecule is CNC(=O)c1ccc(N2CCC(N3CCCC(c4nc5c(c(=O)[nH]4)CCC(CNC(=O)c4ccc(N6CC(N7CCCC(c8nc9ccccc9c(=O)[nH]8)CC7)C6)cn4)C5)C3)CC2)cn1. The highest BCUT2D eigenvalue weighted by atomic mass is 16.2. The maximum absolute atomic E-state index is 13.4. The summed E-state index contributed by atoms with van der Waals surface area (Å²) in [5, 5.41) is 6.39. The lowest BCUT2D eigenvalue weighted by atomic mass is 9.86. The average Bonchev–Trinajstić information content (AvgIpc) is 3.59. The van der Waals surface area contributed by atoms with Crippen LogP contribution in [0, 0.1) is 5.92 Å². The highest BCUT2D eigenvalue weighted by Gasteiger charge is 2.35. The number of carbonyl (C=O) groups excluding carboxylic acids is 2. The molecule has 16 heteroatoms. The van der Waals surface area contributed by atoms with Gasteiger partial charge in [-0.3, -0.25) is 29.0 Å². The van der Waals surface area contributed by atoms with Gasteiger partial charge in [0.1, 0.15) is 23.0 Å². The molecular weight excluding hydrogens is 821 g/mol. The Bertz CT molecular complexity index is 2620. The number of aromatic amines is 2. The number of hydrogen-bond acceptors (Lipinski definition) is 12. The first-order chi connectivity index (χ1) is 31.8. The van der Waals surface area contributed by atoms with Gasteiger partial charge in [0.15, 0.2) is 0 Å². The van der Waals surface area contributed by atoms with Gasteiger partial charge in [0.25, 0.3) is 22.9 Å². The molecule has 4 aliphatic heterocycles. The quantitative estimate of drug-likeness (QED) is 0.158. The molecule has 1 aliphatic carbocycles.